The van der Waals surface area contributed by atoms with E-state index < -0.39 is 8.25 Å². The largest absolute Gasteiger partial charge is 0.326 e. The number of benzene rings is 1. The molecule has 2 rings (SSSR count). The zero-order chi connectivity index (χ0) is 10.6. The molecule has 0 unspecified atom stereocenters. The van der Waals surface area contributed by atoms with Gasteiger partial charge in [-0.1, -0.05) is 18.2 Å². The van der Waals surface area contributed by atoms with Gasteiger partial charge in [-0.2, -0.15) is 0 Å². The average Bonchev–Trinajstić information content (AvgIpc) is 2.42. The SMILES string of the molecule is O=C1Cc2ccccc2N1.O=[PH](O)O. The quantitative estimate of drug-likeness (QED) is 0.551. The van der Waals surface area contributed by atoms with E-state index in [1.165, 1.54) is 0 Å². The van der Waals surface area contributed by atoms with E-state index in [0.29, 0.717) is 6.42 Å². The molecule has 0 fully saturated rings. The van der Waals surface area contributed by atoms with Crippen LogP contribution in [0.2, 0.25) is 0 Å². The number of nitrogens with one attached hydrogen (secondary N) is 1. The maximum atomic E-state index is 10.8. The molecule has 6 heteroatoms. The van der Waals surface area contributed by atoms with Gasteiger partial charge in [0.05, 0.1) is 6.42 Å². The van der Waals surface area contributed by atoms with Crippen molar-refractivity contribution in [3.8, 4) is 0 Å². The summed E-state index contributed by atoms with van der Waals surface area (Å²) in [5, 5.41) is 2.76. The Morgan fingerprint density at radius 3 is 2.43 bits per heavy atom. The fourth-order valence-corrected chi connectivity index (χ4v) is 1.16. The summed E-state index contributed by atoms with van der Waals surface area (Å²) in [7, 11) is -3.13. The highest BCUT2D eigenvalue weighted by Crippen LogP contribution is 2.20. The summed E-state index contributed by atoms with van der Waals surface area (Å²) in [5.41, 5.74) is 2.07. The van der Waals surface area contributed by atoms with E-state index in [1.54, 1.807) is 0 Å². The Morgan fingerprint density at radius 2 is 1.86 bits per heavy atom. The van der Waals surface area contributed by atoms with Gasteiger partial charge in [0.1, 0.15) is 0 Å². The van der Waals surface area contributed by atoms with Gasteiger partial charge in [-0.05, 0) is 11.6 Å². The Hall–Kier alpha value is -1.16. The lowest BCUT2D eigenvalue weighted by atomic mass is 10.2. The van der Waals surface area contributed by atoms with Crippen LogP contribution in [0.5, 0.6) is 0 Å². The minimum atomic E-state index is -3.13. The van der Waals surface area contributed by atoms with Crippen molar-refractivity contribution in [2.24, 2.45) is 0 Å². The second-order valence-electron chi connectivity index (χ2n) is 2.66. The molecule has 5 nitrogen and oxygen atoms in total. The maximum absolute atomic E-state index is 10.8. The zero-order valence-corrected chi connectivity index (χ0v) is 8.23. The summed E-state index contributed by atoms with van der Waals surface area (Å²) in [6.45, 7) is 0. The standard InChI is InChI=1S/C8H7NO.H3O3P/c10-8-5-6-3-1-2-4-7(6)9-8;1-4(2)3/h1-4H,5H2,(H,9,10);4H,(H2,1,2,3). The van der Waals surface area contributed by atoms with Crippen LogP contribution in [0.4, 0.5) is 5.69 Å². The van der Waals surface area contributed by atoms with Gasteiger partial charge in [-0.15, -0.1) is 0 Å². The van der Waals surface area contributed by atoms with Crippen LogP contribution in [0.25, 0.3) is 0 Å². The minimum absolute atomic E-state index is 0.0983. The first-order valence-electron chi connectivity index (χ1n) is 3.89. The van der Waals surface area contributed by atoms with Crippen LogP contribution in [0.1, 0.15) is 5.56 Å². The second kappa shape index (κ2) is 4.91. The predicted octanol–water partition coefficient (Wildman–Crippen LogP) is 0.542. The van der Waals surface area contributed by atoms with Gasteiger partial charge in [-0.25, -0.2) is 0 Å². The van der Waals surface area contributed by atoms with E-state index in [1.807, 2.05) is 24.3 Å². The Morgan fingerprint density at radius 1 is 1.29 bits per heavy atom. The molecule has 0 spiro atoms. The number of carbonyl (C=O) groups excluding carboxylic acids is 1. The Kier molecular flexibility index (Phi) is 3.83. The Balaban J connectivity index is 0.000000213. The molecule has 1 aromatic rings. The fraction of sp³-hybridized carbons (Fsp3) is 0.125. The van der Waals surface area contributed by atoms with Crippen LogP contribution < -0.4 is 5.32 Å². The van der Waals surface area contributed by atoms with Gasteiger partial charge in [-0.3, -0.25) is 9.36 Å². The van der Waals surface area contributed by atoms with Crippen LogP contribution in [0, 0.1) is 0 Å². The summed E-state index contributed by atoms with van der Waals surface area (Å²) in [6.07, 6.45) is 0.538. The van der Waals surface area contributed by atoms with Crippen molar-refractivity contribution in [1.82, 2.24) is 0 Å². The summed E-state index contributed by atoms with van der Waals surface area (Å²) >= 11 is 0. The van der Waals surface area contributed by atoms with Crippen molar-refractivity contribution < 1.29 is 19.1 Å². The number of para-hydroxylation sites is 1. The van der Waals surface area contributed by atoms with E-state index in [-0.39, 0.29) is 5.91 Å². The number of rotatable bonds is 0. The third-order valence-corrected chi connectivity index (χ3v) is 1.64. The molecule has 0 atom stereocenters. The van der Waals surface area contributed by atoms with Gasteiger partial charge in [0.15, 0.2) is 0 Å². The monoisotopic (exact) mass is 215 g/mol. The van der Waals surface area contributed by atoms with E-state index in [9.17, 15) is 4.79 Å². The average molecular weight is 215 g/mol. The molecule has 1 aliphatic rings. The van der Waals surface area contributed by atoms with Gasteiger partial charge in [0.25, 0.3) is 0 Å². The number of amides is 1. The first kappa shape index (κ1) is 10.9. The van der Waals surface area contributed by atoms with E-state index in [4.69, 9.17) is 14.4 Å². The lowest BCUT2D eigenvalue weighted by Crippen LogP contribution is -2.03. The molecule has 0 aromatic heterocycles. The van der Waals surface area contributed by atoms with Gasteiger partial charge in [0.2, 0.25) is 5.91 Å². The molecule has 3 N–H and O–H groups in total. The molecular formula is C8H10NO4P. The first-order valence-corrected chi connectivity index (χ1v) is 5.19. The molecule has 1 aromatic carbocycles. The molecule has 76 valence electrons. The number of carbonyl (C=O) groups is 1. The van der Waals surface area contributed by atoms with Crippen LogP contribution in [0.3, 0.4) is 0 Å². The lowest BCUT2D eigenvalue weighted by molar-refractivity contribution is -0.115. The van der Waals surface area contributed by atoms with Crippen LogP contribution in [-0.4, -0.2) is 15.7 Å². The topological polar surface area (TPSA) is 86.6 Å². The van der Waals surface area contributed by atoms with Crippen molar-refractivity contribution >= 4 is 19.8 Å². The Labute approximate surface area is 81.3 Å². The van der Waals surface area contributed by atoms with E-state index >= 15 is 0 Å². The normalized spacial score (nSPS) is 12.9. The van der Waals surface area contributed by atoms with Crippen molar-refractivity contribution in [2.45, 2.75) is 6.42 Å². The lowest BCUT2D eigenvalue weighted by Gasteiger charge is -1.93. The third-order valence-electron chi connectivity index (χ3n) is 1.64. The highest BCUT2D eigenvalue weighted by molar-refractivity contribution is 7.30. The third kappa shape index (κ3) is 3.30. The number of anilines is 1. The van der Waals surface area contributed by atoms with Crippen molar-refractivity contribution in [1.29, 1.82) is 0 Å². The maximum Gasteiger partial charge on any atom is 0.314 e. The van der Waals surface area contributed by atoms with Crippen LogP contribution >= 0.6 is 8.25 Å². The summed E-state index contributed by atoms with van der Waals surface area (Å²) in [4.78, 5) is 25.1. The van der Waals surface area contributed by atoms with E-state index in [0.717, 1.165) is 11.3 Å². The van der Waals surface area contributed by atoms with Crippen molar-refractivity contribution in [3.05, 3.63) is 29.8 Å². The molecule has 0 radical (unpaired) electrons. The molecule has 1 aliphatic heterocycles. The molecule has 1 amide bonds. The van der Waals surface area contributed by atoms with E-state index in [2.05, 4.69) is 5.32 Å². The van der Waals surface area contributed by atoms with Crippen LogP contribution in [0.15, 0.2) is 24.3 Å². The predicted molar refractivity (Wildman–Crippen MR) is 52.2 cm³/mol. The molecule has 0 saturated heterocycles. The molecule has 0 bridgehead atoms. The molecule has 14 heavy (non-hydrogen) atoms. The second-order valence-corrected chi connectivity index (χ2v) is 3.23. The Bertz CT molecular complexity index is 335. The number of fused-ring (bicyclic) bond motifs is 1. The molecule has 0 aliphatic carbocycles. The summed E-state index contributed by atoms with van der Waals surface area (Å²) in [5.74, 6) is 0.0983. The van der Waals surface area contributed by atoms with Crippen molar-refractivity contribution in [3.63, 3.8) is 0 Å². The molecule has 1 heterocycles. The first-order chi connectivity index (χ1) is 6.59. The fourth-order valence-electron chi connectivity index (χ4n) is 1.16. The van der Waals surface area contributed by atoms with Crippen molar-refractivity contribution in [2.75, 3.05) is 5.32 Å². The van der Waals surface area contributed by atoms with Crippen LogP contribution in [-0.2, 0) is 15.8 Å². The van der Waals surface area contributed by atoms with Gasteiger partial charge >= 0.3 is 8.25 Å². The molecular weight excluding hydrogens is 205 g/mol. The highest BCUT2D eigenvalue weighted by atomic mass is 31.1. The number of hydrogen-bond acceptors (Lipinski definition) is 2. The zero-order valence-electron chi connectivity index (χ0n) is 7.23. The summed E-state index contributed by atoms with van der Waals surface area (Å²) < 4.78 is 8.74. The molecule has 0 saturated carbocycles. The van der Waals surface area contributed by atoms with Gasteiger partial charge in [0, 0.05) is 5.69 Å². The minimum Gasteiger partial charge on any atom is -0.326 e. The highest BCUT2D eigenvalue weighted by Gasteiger charge is 2.15. The smallest absolute Gasteiger partial charge is 0.314 e. The summed E-state index contributed by atoms with van der Waals surface area (Å²) in [6, 6.07) is 7.75. The van der Waals surface area contributed by atoms with Gasteiger partial charge < -0.3 is 15.1 Å². The number of hydrogen-bond donors (Lipinski definition) is 3.